The fourth-order valence-electron chi connectivity index (χ4n) is 2.04. The van der Waals surface area contributed by atoms with Crippen LogP contribution < -0.4 is 11.1 Å². The van der Waals surface area contributed by atoms with E-state index in [2.05, 4.69) is 22.3 Å². The molecule has 0 amide bonds. The Bertz CT molecular complexity index is 372. The highest BCUT2D eigenvalue weighted by Crippen LogP contribution is 2.24. The Balaban J connectivity index is 0.00000180. The number of rotatable bonds is 6. The summed E-state index contributed by atoms with van der Waals surface area (Å²) in [6.07, 6.45) is 7.79. The Morgan fingerprint density at radius 3 is 2.95 bits per heavy atom. The maximum absolute atomic E-state index is 5.84. The van der Waals surface area contributed by atoms with E-state index in [-0.39, 0.29) is 24.0 Å². The molecular weight excluding hydrogens is 353 g/mol. The van der Waals surface area contributed by atoms with Crippen LogP contribution in [-0.2, 0) is 6.54 Å². The molecule has 6 heteroatoms. The third-order valence-electron chi connectivity index (χ3n) is 3.43. The predicted molar refractivity (Wildman–Crippen MR) is 88.6 cm³/mol. The molecule has 0 aliphatic heterocycles. The zero-order valence-electron chi connectivity index (χ0n) is 11.5. The van der Waals surface area contributed by atoms with E-state index in [4.69, 9.17) is 5.73 Å². The zero-order chi connectivity index (χ0) is 12.8. The maximum Gasteiger partial charge on any atom is 0.188 e. The van der Waals surface area contributed by atoms with Gasteiger partial charge in [-0.25, -0.2) is 0 Å². The second-order valence-corrected chi connectivity index (χ2v) is 5.24. The van der Waals surface area contributed by atoms with Crippen molar-refractivity contribution in [1.82, 2.24) is 15.1 Å². The summed E-state index contributed by atoms with van der Waals surface area (Å²) in [6.45, 7) is 4.75. The molecule has 3 N–H and O–H groups in total. The number of nitrogens with one attached hydrogen (secondary N) is 1. The quantitative estimate of drug-likeness (QED) is 0.452. The van der Waals surface area contributed by atoms with Crippen LogP contribution in [0.15, 0.2) is 23.5 Å². The average molecular weight is 377 g/mol. The van der Waals surface area contributed by atoms with E-state index in [1.165, 1.54) is 19.3 Å². The molecule has 1 heterocycles. The van der Waals surface area contributed by atoms with E-state index >= 15 is 0 Å². The molecular formula is C13H24IN5. The molecule has 0 spiro atoms. The van der Waals surface area contributed by atoms with E-state index in [1.807, 2.05) is 16.9 Å². The molecule has 1 fully saturated rings. The molecule has 1 atom stereocenters. The Kier molecular flexibility index (Phi) is 7.19. The molecule has 1 aromatic rings. The van der Waals surface area contributed by atoms with Crippen molar-refractivity contribution in [3.63, 3.8) is 0 Å². The van der Waals surface area contributed by atoms with Crippen molar-refractivity contribution in [3.8, 4) is 0 Å². The van der Waals surface area contributed by atoms with Gasteiger partial charge < -0.3 is 11.1 Å². The third-order valence-corrected chi connectivity index (χ3v) is 3.43. The summed E-state index contributed by atoms with van der Waals surface area (Å²) in [5, 5.41) is 7.39. The number of halogens is 1. The van der Waals surface area contributed by atoms with Crippen molar-refractivity contribution >= 4 is 29.9 Å². The number of nitrogens with two attached hydrogens (primary N) is 1. The standard InChI is InChI=1S/C13H23N5.HI/c1-11(10-18-7-3-6-17-18)8-15-13(14)16-9-12-4-2-5-12;/h3,6-7,11-12H,2,4-5,8-10H2,1H3,(H3,14,15,16);1H. The first-order valence-corrected chi connectivity index (χ1v) is 6.75. The van der Waals surface area contributed by atoms with Crippen molar-refractivity contribution in [2.45, 2.75) is 32.7 Å². The molecule has 19 heavy (non-hydrogen) atoms. The van der Waals surface area contributed by atoms with Crippen molar-refractivity contribution in [3.05, 3.63) is 18.5 Å². The summed E-state index contributed by atoms with van der Waals surface area (Å²) < 4.78 is 1.93. The highest BCUT2D eigenvalue weighted by atomic mass is 127. The van der Waals surface area contributed by atoms with Gasteiger partial charge in [0.25, 0.3) is 0 Å². The minimum atomic E-state index is 0. The number of aromatic nitrogens is 2. The van der Waals surface area contributed by atoms with Gasteiger partial charge in [-0.2, -0.15) is 5.10 Å². The van der Waals surface area contributed by atoms with Crippen LogP contribution >= 0.6 is 24.0 Å². The monoisotopic (exact) mass is 377 g/mol. The maximum atomic E-state index is 5.84. The largest absolute Gasteiger partial charge is 0.370 e. The zero-order valence-corrected chi connectivity index (χ0v) is 13.8. The number of hydrogen-bond donors (Lipinski definition) is 2. The fraction of sp³-hybridized carbons (Fsp3) is 0.692. The van der Waals surface area contributed by atoms with Crippen LogP contribution in [0.2, 0.25) is 0 Å². The molecule has 2 rings (SSSR count). The molecule has 1 aliphatic rings. The third kappa shape index (κ3) is 5.80. The molecule has 108 valence electrons. The van der Waals surface area contributed by atoms with E-state index in [0.29, 0.717) is 11.9 Å². The molecule has 0 radical (unpaired) electrons. The van der Waals surface area contributed by atoms with Gasteiger partial charge in [0.1, 0.15) is 0 Å². The number of nitrogens with zero attached hydrogens (tertiary/aromatic N) is 3. The normalized spacial score (nSPS) is 17.4. The predicted octanol–water partition coefficient (Wildman–Crippen LogP) is 1.84. The summed E-state index contributed by atoms with van der Waals surface area (Å²) in [4.78, 5) is 4.38. The molecule has 5 nitrogen and oxygen atoms in total. The lowest BCUT2D eigenvalue weighted by molar-refractivity contribution is 0.315. The summed E-state index contributed by atoms with van der Waals surface area (Å²) in [6, 6.07) is 1.94. The van der Waals surface area contributed by atoms with Gasteiger partial charge in [-0.15, -0.1) is 24.0 Å². The summed E-state index contributed by atoms with van der Waals surface area (Å²) in [7, 11) is 0. The highest BCUT2D eigenvalue weighted by molar-refractivity contribution is 14.0. The second-order valence-electron chi connectivity index (χ2n) is 5.24. The molecule has 0 saturated heterocycles. The fourth-order valence-corrected chi connectivity index (χ4v) is 2.04. The van der Waals surface area contributed by atoms with Crippen LogP contribution in [0.25, 0.3) is 0 Å². The van der Waals surface area contributed by atoms with Crippen LogP contribution in [0.4, 0.5) is 0 Å². The number of hydrogen-bond acceptors (Lipinski definition) is 2. The SMILES string of the molecule is CC(CN=C(N)NCC1CCC1)Cn1cccn1.I. The van der Waals surface area contributed by atoms with E-state index in [1.54, 1.807) is 6.20 Å². The van der Waals surface area contributed by atoms with Gasteiger partial charge in [-0.1, -0.05) is 13.3 Å². The molecule has 1 unspecified atom stereocenters. The summed E-state index contributed by atoms with van der Waals surface area (Å²) in [5.41, 5.74) is 5.84. The first-order valence-electron chi connectivity index (χ1n) is 6.75. The summed E-state index contributed by atoms with van der Waals surface area (Å²) >= 11 is 0. The number of aliphatic imine (C=N–C) groups is 1. The van der Waals surface area contributed by atoms with Crippen LogP contribution in [0, 0.1) is 11.8 Å². The number of guanidine groups is 1. The van der Waals surface area contributed by atoms with E-state index in [0.717, 1.165) is 25.6 Å². The van der Waals surface area contributed by atoms with Crippen LogP contribution in [0.5, 0.6) is 0 Å². The topological polar surface area (TPSA) is 68.2 Å². The molecule has 0 aromatic carbocycles. The van der Waals surface area contributed by atoms with Crippen molar-refractivity contribution in [2.24, 2.45) is 22.6 Å². The lowest BCUT2D eigenvalue weighted by Gasteiger charge is -2.25. The average Bonchev–Trinajstić information content (AvgIpc) is 2.77. The van der Waals surface area contributed by atoms with Gasteiger partial charge in [0.2, 0.25) is 0 Å². The second kappa shape index (κ2) is 8.39. The van der Waals surface area contributed by atoms with Crippen LogP contribution in [0.3, 0.4) is 0 Å². The Labute approximate surface area is 132 Å². The minimum absolute atomic E-state index is 0. The van der Waals surface area contributed by atoms with Gasteiger partial charge in [0, 0.05) is 32.0 Å². The Morgan fingerprint density at radius 2 is 2.37 bits per heavy atom. The lowest BCUT2D eigenvalue weighted by Crippen LogP contribution is -2.37. The smallest absolute Gasteiger partial charge is 0.188 e. The Morgan fingerprint density at radius 1 is 1.58 bits per heavy atom. The molecule has 1 saturated carbocycles. The Hall–Kier alpha value is -0.790. The van der Waals surface area contributed by atoms with Crippen LogP contribution in [-0.4, -0.2) is 28.8 Å². The van der Waals surface area contributed by atoms with Crippen molar-refractivity contribution in [2.75, 3.05) is 13.1 Å². The van der Waals surface area contributed by atoms with Crippen molar-refractivity contribution < 1.29 is 0 Å². The van der Waals surface area contributed by atoms with E-state index < -0.39 is 0 Å². The van der Waals surface area contributed by atoms with Gasteiger partial charge in [-0.3, -0.25) is 9.67 Å². The molecule has 1 aliphatic carbocycles. The highest BCUT2D eigenvalue weighted by Gasteiger charge is 2.16. The first-order chi connectivity index (χ1) is 8.74. The van der Waals surface area contributed by atoms with Crippen molar-refractivity contribution in [1.29, 1.82) is 0 Å². The summed E-state index contributed by atoms with van der Waals surface area (Å²) in [5.74, 6) is 1.82. The van der Waals surface area contributed by atoms with Gasteiger partial charge >= 0.3 is 0 Å². The van der Waals surface area contributed by atoms with Gasteiger partial charge in [0.15, 0.2) is 5.96 Å². The lowest BCUT2D eigenvalue weighted by atomic mass is 9.85. The van der Waals surface area contributed by atoms with Gasteiger partial charge in [0.05, 0.1) is 0 Å². The molecule has 1 aromatic heterocycles. The molecule has 0 bridgehead atoms. The van der Waals surface area contributed by atoms with Crippen LogP contribution in [0.1, 0.15) is 26.2 Å². The van der Waals surface area contributed by atoms with Gasteiger partial charge in [-0.05, 0) is 30.7 Å². The first kappa shape index (κ1) is 16.3. The van der Waals surface area contributed by atoms with E-state index in [9.17, 15) is 0 Å². The minimum Gasteiger partial charge on any atom is -0.370 e.